The van der Waals surface area contributed by atoms with Gasteiger partial charge in [-0.15, -0.1) is 0 Å². The Morgan fingerprint density at radius 2 is 2.03 bits per heavy atom. The molecule has 10 heteroatoms. The number of urea groups is 1. The SMILES string of the molecule is N#CC1(c2ccc(-c3cc4nccnc4c(OC[C@@H]4CN(C(N)=O)CCO4)n3)cc2)CC1.S. The van der Waals surface area contributed by atoms with Crippen LogP contribution in [0.2, 0.25) is 0 Å². The summed E-state index contributed by atoms with van der Waals surface area (Å²) < 4.78 is 11.7. The fraction of sp³-hybridized carbons (Fsp3) is 0.348. The first kappa shape index (κ1) is 22.8. The Morgan fingerprint density at radius 3 is 2.73 bits per heavy atom. The molecule has 0 bridgehead atoms. The molecule has 0 radical (unpaired) electrons. The zero-order valence-corrected chi connectivity index (χ0v) is 18.9. The molecule has 1 atom stereocenters. The standard InChI is InChI=1S/C23H22N6O3.H2S/c24-14-23(5-6-23)16-3-1-15(2-4-16)18-11-19-20(27-8-7-26-19)21(28-18)32-13-17-12-29(22(25)30)9-10-31-17;/h1-4,7-8,11,17H,5-6,9-10,12-13H2,(H2,25,30);1H2/t17-;/m0./s1. The summed E-state index contributed by atoms with van der Waals surface area (Å²) in [5.41, 5.74) is 8.91. The van der Waals surface area contributed by atoms with Crippen LogP contribution in [0.25, 0.3) is 22.3 Å². The number of carbonyl (C=O) groups is 1. The van der Waals surface area contributed by atoms with Crippen molar-refractivity contribution in [2.24, 2.45) is 5.73 Å². The molecule has 3 aromatic rings. The molecule has 5 rings (SSSR count). The van der Waals surface area contributed by atoms with Crippen LogP contribution >= 0.6 is 13.5 Å². The highest BCUT2D eigenvalue weighted by Crippen LogP contribution is 2.47. The van der Waals surface area contributed by atoms with Crippen LogP contribution in [0.1, 0.15) is 18.4 Å². The molecule has 2 amide bonds. The summed E-state index contributed by atoms with van der Waals surface area (Å²) in [6.07, 6.45) is 4.71. The first-order chi connectivity index (χ1) is 15.6. The van der Waals surface area contributed by atoms with Gasteiger partial charge in [0.25, 0.3) is 0 Å². The highest BCUT2D eigenvalue weighted by Gasteiger charge is 2.44. The van der Waals surface area contributed by atoms with Crippen molar-refractivity contribution in [3.05, 3.63) is 48.3 Å². The number of morpholine rings is 1. The zero-order chi connectivity index (χ0) is 22.1. The van der Waals surface area contributed by atoms with Gasteiger partial charge >= 0.3 is 6.03 Å². The number of amides is 2. The van der Waals surface area contributed by atoms with Gasteiger partial charge in [0.2, 0.25) is 5.88 Å². The monoisotopic (exact) mass is 464 g/mol. The lowest BCUT2D eigenvalue weighted by atomic mass is 9.96. The Balaban J connectivity index is 0.00000259. The molecule has 1 aliphatic heterocycles. The second-order valence-electron chi connectivity index (χ2n) is 8.10. The number of fused-ring (bicyclic) bond motifs is 1. The molecule has 1 saturated carbocycles. The third kappa shape index (κ3) is 4.55. The molecular formula is C23H24N6O3S. The lowest BCUT2D eigenvalue weighted by molar-refractivity contribution is -0.0346. The van der Waals surface area contributed by atoms with Crippen molar-refractivity contribution in [2.75, 3.05) is 26.3 Å². The number of carbonyl (C=O) groups excluding carboxylic acids is 1. The summed E-state index contributed by atoms with van der Waals surface area (Å²) in [5, 5.41) is 9.43. The van der Waals surface area contributed by atoms with Gasteiger partial charge in [-0.05, 0) is 24.5 Å². The summed E-state index contributed by atoms with van der Waals surface area (Å²) >= 11 is 0. The van der Waals surface area contributed by atoms with E-state index in [1.807, 2.05) is 30.3 Å². The summed E-state index contributed by atoms with van der Waals surface area (Å²) in [7, 11) is 0. The van der Waals surface area contributed by atoms with Crippen LogP contribution in [0.4, 0.5) is 4.79 Å². The number of nitriles is 1. The fourth-order valence-electron chi connectivity index (χ4n) is 3.93. The minimum absolute atomic E-state index is 0. The van der Waals surface area contributed by atoms with Crippen molar-refractivity contribution < 1.29 is 14.3 Å². The number of nitrogens with two attached hydrogens (primary N) is 1. The van der Waals surface area contributed by atoms with E-state index >= 15 is 0 Å². The second-order valence-corrected chi connectivity index (χ2v) is 8.10. The molecule has 2 N–H and O–H groups in total. The molecule has 1 saturated heterocycles. The predicted octanol–water partition coefficient (Wildman–Crippen LogP) is 2.52. The van der Waals surface area contributed by atoms with E-state index in [9.17, 15) is 10.1 Å². The summed E-state index contributed by atoms with van der Waals surface area (Å²) in [6.45, 7) is 1.44. The Hall–Kier alpha value is -3.42. The molecular weight excluding hydrogens is 440 g/mol. The van der Waals surface area contributed by atoms with E-state index in [1.54, 1.807) is 12.4 Å². The lowest BCUT2D eigenvalue weighted by Crippen LogP contribution is -2.49. The Morgan fingerprint density at radius 1 is 1.27 bits per heavy atom. The predicted molar refractivity (Wildman–Crippen MR) is 126 cm³/mol. The molecule has 0 unspecified atom stereocenters. The van der Waals surface area contributed by atoms with Crippen LogP contribution in [-0.2, 0) is 10.2 Å². The first-order valence-corrected chi connectivity index (χ1v) is 10.5. The molecule has 1 aromatic carbocycles. The van der Waals surface area contributed by atoms with Crippen molar-refractivity contribution in [3.63, 3.8) is 0 Å². The van der Waals surface area contributed by atoms with E-state index < -0.39 is 6.03 Å². The quantitative estimate of drug-likeness (QED) is 0.614. The van der Waals surface area contributed by atoms with Crippen molar-refractivity contribution in [1.82, 2.24) is 19.9 Å². The van der Waals surface area contributed by atoms with E-state index in [1.165, 1.54) is 4.90 Å². The molecule has 0 spiro atoms. The number of pyridine rings is 1. The number of rotatable bonds is 5. The maximum absolute atomic E-state index is 11.5. The van der Waals surface area contributed by atoms with Gasteiger partial charge in [-0.2, -0.15) is 18.8 Å². The van der Waals surface area contributed by atoms with Crippen molar-refractivity contribution in [3.8, 4) is 23.2 Å². The average molecular weight is 465 g/mol. The van der Waals surface area contributed by atoms with Crippen molar-refractivity contribution >= 4 is 30.6 Å². The number of primary amides is 1. The number of benzene rings is 1. The van der Waals surface area contributed by atoms with E-state index in [-0.39, 0.29) is 31.6 Å². The van der Waals surface area contributed by atoms with Gasteiger partial charge in [-0.1, -0.05) is 24.3 Å². The van der Waals surface area contributed by atoms with Gasteiger partial charge in [0.05, 0.1) is 35.8 Å². The fourth-order valence-corrected chi connectivity index (χ4v) is 3.93. The van der Waals surface area contributed by atoms with Gasteiger partial charge in [0.1, 0.15) is 12.7 Å². The second kappa shape index (κ2) is 9.21. The maximum Gasteiger partial charge on any atom is 0.314 e. The van der Waals surface area contributed by atoms with Crippen molar-refractivity contribution in [1.29, 1.82) is 5.26 Å². The molecule has 33 heavy (non-hydrogen) atoms. The third-order valence-electron chi connectivity index (χ3n) is 5.98. The van der Waals surface area contributed by atoms with Crippen LogP contribution in [0.5, 0.6) is 5.88 Å². The minimum Gasteiger partial charge on any atom is -0.473 e. The number of hydrogen-bond acceptors (Lipinski definition) is 7. The van der Waals surface area contributed by atoms with Crippen molar-refractivity contribution in [2.45, 2.75) is 24.4 Å². The molecule has 170 valence electrons. The van der Waals surface area contributed by atoms with E-state index in [0.29, 0.717) is 42.3 Å². The largest absolute Gasteiger partial charge is 0.473 e. The third-order valence-corrected chi connectivity index (χ3v) is 5.98. The summed E-state index contributed by atoms with van der Waals surface area (Å²) in [5.74, 6) is 0.352. The molecule has 9 nitrogen and oxygen atoms in total. The summed E-state index contributed by atoms with van der Waals surface area (Å²) in [4.78, 5) is 26.5. The molecule has 2 fully saturated rings. The maximum atomic E-state index is 11.5. The molecule has 1 aliphatic carbocycles. The first-order valence-electron chi connectivity index (χ1n) is 10.5. The van der Waals surface area contributed by atoms with Crippen LogP contribution in [0, 0.1) is 11.3 Å². The highest BCUT2D eigenvalue weighted by atomic mass is 32.1. The average Bonchev–Trinajstić information content (AvgIpc) is 3.64. The van der Waals surface area contributed by atoms with E-state index in [0.717, 1.165) is 24.0 Å². The Bertz CT molecular complexity index is 1210. The van der Waals surface area contributed by atoms with Crippen LogP contribution in [0.15, 0.2) is 42.7 Å². The molecule has 3 heterocycles. The topological polar surface area (TPSA) is 127 Å². The summed E-state index contributed by atoms with van der Waals surface area (Å²) in [6, 6.07) is 11.7. The number of aromatic nitrogens is 3. The van der Waals surface area contributed by atoms with Gasteiger partial charge in [-0.3, -0.25) is 4.98 Å². The van der Waals surface area contributed by atoms with Crippen LogP contribution in [0.3, 0.4) is 0 Å². The van der Waals surface area contributed by atoms with Gasteiger partial charge in [-0.25, -0.2) is 14.8 Å². The van der Waals surface area contributed by atoms with Crippen LogP contribution < -0.4 is 10.5 Å². The van der Waals surface area contributed by atoms with Gasteiger partial charge < -0.3 is 20.1 Å². The normalized spacial score (nSPS) is 18.8. The van der Waals surface area contributed by atoms with Gasteiger partial charge in [0, 0.05) is 24.5 Å². The molecule has 2 aliphatic rings. The van der Waals surface area contributed by atoms with Gasteiger partial charge in [0.15, 0.2) is 5.52 Å². The Labute approximate surface area is 198 Å². The van der Waals surface area contributed by atoms with E-state index in [4.69, 9.17) is 15.2 Å². The zero-order valence-electron chi connectivity index (χ0n) is 17.9. The van der Waals surface area contributed by atoms with E-state index in [2.05, 4.69) is 21.0 Å². The number of hydrogen-bond donors (Lipinski definition) is 1. The smallest absolute Gasteiger partial charge is 0.314 e. The lowest BCUT2D eigenvalue weighted by Gasteiger charge is -2.31. The minimum atomic E-state index is -0.470. The number of nitrogens with zero attached hydrogens (tertiary/aromatic N) is 5. The van der Waals surface area contributed by atoms with Crippen LogP contribution in [-0.4, -0.2) is 58.3 Å². The highest BCUT2D eigenvalue weighted by molar-refractivity contribution is 7.59. The Kier molecular flexibility index (Phi) is 6.35. The number of ether oxygens (including phenoxy) is 2. The molecule has 2 aromatic heterocycles.